The molecule has 2 aliphatic rings. The number of nitrogens with zero attached hydrogens (tertiary/aromatic N) is 3. The molecule has 40 heavy (non-hydrogen) atoms. The fourth-order valence-electron chi connectivity index (χ4n) is 4.36. The summed E-state index contributed by atoms with van der Waals surface area (Å²) in [6.45, 7) is 2.65. The fourth-order valence-corrected chi connectivity index (χ4v) is 6.96. The zero-order valence-electron chi connectivity index (χ0n) is 21.7. The second-order valence-corrected chi connectivity index (χ2v) is 13.4. The van der Waals surface area contributed by atoms with Crippen LogP contribution in [0.3, 0.4) is 0 Å². The minimum atomic E-state index is -4.99. The molecule has 15 nitrogen and oxygen atoms in total. The van der Waals surface area contributed by atoms with Crippen LogP contribution < -0.4 is 15.1 Å². The van der Waals surface area contributed by atoms with Gasteiger partial charge in [0.25, 0.3) is 0 Å². The molecule has 0 spiro atoms. The number of carbonyl (C=O) groups is 3. The molecule has 2 saturated heterocycles. The van der Waals surface area contributed by atoms with Gasteiger partial charge in [-0.15, -0.1) is 0 Å². The first-order valence-electron chi connectivity index (χ1n) is 12.5. The molecule has 18 heteroatoms. The molecule has 3 amide bonds. The third kappa shape index (κ3) is 8.63. The summed E-state index contributed by atoms with van der Waals surface area (Å²) < 4.78 is 47.9. The minimum absolute atomic E-state index is 0.0301. The Kier molecular flexibility index (Phi) is 10.6. The Morgan fingerprint density at radius 1 is 1.12 bits per heavy atom. The van der Waals surface area contributed by atoms with Gasteiger partial charge in [0.2, 0.25) is 5.91 Å². The van der Waals surface area contributed by atoms with Crippen LogP contribution in [0.5, 0.6) is 0 Å². The molecule has 1 atom stereocenters. The van der Waals surface area contributed by atoms with Crippen LogP contribution in [0.2, 0.25) is 0 Å². The van der Waals surface area contributed by atoms with Gasteiger partial charge in [-0.25, -0.2) is 14.0 Å². The van der Waals surface area contributed by atoms with E-state index in [1.165, 1.54) is 28.9 Å². The van der Waals surface area contributed by atoms with Crippen molar-refractivity contribution >= 4 is 44.7 Å². The zero-order valence-corrected chi connectivity index (χ0v) is 23.5. The quantitative estimate of drug-likeness (QED) is 0.178. The van der Waals surface area contributed by atoms with Gasteiger partial charge in [0.15, 0.2) is 5.40 Å². The number of piperazine rings is 1. The Hall–Kier alpha value is -2.74. The Balaban J connectivity index is 1.44. The van der Waals surface area contributed by atoms with E-state index in [0.717, 1.165) is 0 Å². The summed E-state index contributed by atoms with van der Waals surface area (Å²) in [5.41, 5.74) is 0.607. The average Bonchev–Trinajstić information content (AvgIpc) is 3.23. The summed E-state index contributed by atoms with van der Waals surface area (Å²) in [6, 6.07) is 4.35. The van der Waals surface area contributed by atoms with Crippen molar-refractivity contribution in [1.29, 1.82) is 0 Å². The van der Waals surface area contributed by atoms with E-state index in [0.29, 0.717) is 24.5 Å². The Labute approximate surface area is 229 Å². The second-order valence-electron chi connectivity index (χ2n) is 9.43. The smallest absolute Gasteiger partial charge is 0.414 e. The van der Waals surface area contributed by atoms with Crippen molar-refractivity contribution in [3.8, 4) is 0 Å². The van der Waals surface area contributed by atoms with Gasteiger partial charge < -0.3 is 44.2 Å². The van der Waals surface area contributed by atoms with Crippen molar-refractivity contribution in [2.24, 2.45) is 0 Å². The van der Waals surface area contributed by atoms with E-state index in [9.17, 15) is 27.9 Å². The first kappa shape index (κ1) is 31.8. The predicted molar refractivity (Wildman–Crippen MR) is 140 cm³/mol. The number of anilines is 2. The number of nitrogens with one attached hydrogen (secondary N) is 1. The molecule has 5 N–H and O–H groups in total. The predicted octanol–water partition coefficient (Wildman–Crippen LogP) is 1.40. The van der Waals surface area contributed by atoms with E-state index in [-0.39, 0.29) is 51.5 Å². The van der Waals surface area contributed by atoms with Gasteiger partial charge >= 0.3 is 27.4 Å². The normalized spacial score (nSPS) is 18.2. The first-order chi connectivity index (χ1) is 18.7. The highest BCUT2D eigenvalue weighted by molar-refractivity contribution is 7.70. The summed E-state index contributed by atoms with van der Waals surface area (Å²) >= 11 is 0. The van der Waals surface area contributed by atoms with E-state index in [4.69, 9.17) is 29.0 Å². The second kappa shape index (κ2) is 13.3. The maximum Gasteiger partial charge on any atom is 0.414 e. The number of halogens is 1. The van der Waals surface area contributed by atoms with Gasteiger partial charge in [-0.2, -0.15) is 0 Å². The highest BCUT2D eigenvalue weighted by Gasteiger charge is 2.42. The number of unbranched alkanes of at least 4 members (excludes halogenated alkanes) is 1. The minimum Gasteiger partial charge on any atom is -0.449 e. The summed E-state index contributed by atoms with van der Waals surface area (Å²) in [7, 11) is -9.98. The van der Waals surface area contributed by atoms with Crippen LogP contribution >= 0.6 is 15.2 Å². The van der Waals surface area contributed by atoms with E-state index in [1.807, 2.05) is 0 Å². The lowest BCUT2D eigenvalue weighted by molar-refractivity contribution is -0.119. The highest BCUT2D eigenvalue weighted by atomic mass is 31.2. The number of hydrogen-bond donors (Lipinski definition) is 5. The van der Waals surface area contributed by atoms with Crippen LogP contribution in [0.1, 0.15) is 26.2 Å². The van der Waals surface area contributed by atoms with Crippen molar-refractivity contribution in [3.05, 3.63) is 24.0 Å². The highest BCUT2D eigenvalue weighted by Crippen LogP contribution is 2.61. The van der Waals surface area contributed by atoms with E-state index >= 15 is 0 Å². The Morgan fingerprint density at radius 3 is 2.35 bits per heavy atom. The largest absolute Gasteiger partial charge is 0.449 e. The molecule has 0 radical (unpaired) electrons. The number of hydrogen-bond acceptors (Lipinski definition) is 8. The van der Waals surface area contributed by atoms with Crippen molar-refractivity contribution in [1.82, 2.24) is 10.2 Å². The van der Waals surface area contributed by atoms with Gasteiger partial charge in [0, 0.05) is 33.1 Å². The SMILES string of the molecule is CC(=O)NC[C@H]1CN(c2ccc(N3CCN(C(=O)OCCCCC(P(=O)(O)O)P(=O)(O)O)CC3)c(F)c2)C(=O)O1. The van der Waals surface area contributed by atoms with Gasteiger partial charge in [0.1, 0.15) is 11.9 Å². The van der Waals surface area contributed by atoms with Crippen LogP contribution in [0, 0.1) is 5.82 Å². The molecule has 3 rings (SSSR count). The molecule has 0 bridgehead atoms. The third-order valence-corrected chi connectivity index (χ3v) is 10.3. The van der Waals surface area contributed by atoms with Crippen molar-refractivity contribution in [2.45, 2.75) is 37.7 Å². The topological polar surface area (TPSA) is 206 Å². The Bertz CT molecular complexity index is 1160. The number of amides is 3. The molecule has 2 heterocycles. The van der Waals surface area contributed by atoms with Crippen LogP contribution in [-0.2, 0) is 23.4 Å². The van der Waals surface area contributed by atoms with Gasteiger partial charge in [-0.3, -0.25) is 18.8 Å². The van der Waals surface area contributed by atoms with Crippen molar-refractivity contribution in [3.63, 3.8) is 0 Å². The molecule has 2 fully saturated rings. The van der Waals surface area contributed by atoms with Crippen molar-refractivity contribution < 1.29 is 57.0 Å². The molecular formula is C22H33FN4O11P2. The first-order valence-corrected chi connectivity index (χ1v) is 15.8. The van der Waals surface area contributed by atoms with Crippen LogP contribution in [0.15, 0.2) is 18.2 Å². The molecule has 1 aromatic carbocycles. The Morgan fingerprint density at radius 2 is 1.77 bits per heavy atom. The number of benzene rings is 1. The standard InChI is InChI=1S/C22H33FN4O11P2/c1-15(28)24-13-17-14-27(22(30)38-17)16-5-6-19(18(23)12-16)25-7-9-26(10-8-25)21(29)37-11-3-2-4-20(39(31,32)33)40(34,35)36/h5-6,12,17,20H,2-4,7-11,13-14H2,1H3,(H,24,28)(H2,31,32,33)(H2,34,35,36)/t17-/m0/s1. The molecule has 1 aromatic rings. The maximum absolute atomic E-state index is 15.0. The van der Waals surface area contributed by atoms with Crippen LogP contribution in [-0.4, -0.2) is 99.9 Å². The molecule has 224 valence electrons. The lowest BCUT2D eigenvalue weighted by atomic mass is 10.2. The summed E-state index contributed by atoms with van der Waals surface area (Å²) in [5, 5.41) is 0.485. The maximum atomic E-state index is 15.0. The fraction of sp³-hybridized carbons (Fsp3) is 0.591. The lowest BCUT2D eigenvalue weighted by Gasteiger charge is -2.35. The molecule has 0 saturated carbocycles. The van der Waals surface area contributed by atoms with E-state index in [2.05, 4.69) is 5.32 Å². The summed E-state index contributed by atoms with van der Waals surface area (Å²) in [6.07, 6.45) is -2.06. The number of cyclic esters (lactones) is 1. The van der Waals surface area contributed by atoms with Crippen LogP contribution in [0.4, 0.5) is 25.4 Å². The monoisotopic (exact) mass is 610 g/mol. The summed E-state index contributed by atoms with van der Waals surface area (Å²) in [4.78, 5) is 76.6. The molecule has 0 aromatic heterocycles. The van der Waals surface area contributed by atoms with Gasteiger partial charge in [-0.05, 0) is 37.5 Å². The molecule has 0 aliphatic carbocycles. The lowest BCUT2D eigenvalue weighted by Crippen LogP contribution is -2.49. The van der Waals surface area contributed by atoms with Gasteiger partial charge in [0.05, 0.1) is 31.1 Å². The molecule has 2 aliphatic heterocycles. The van der Waals surface area contributed by atoms with Crippen molar-refractivity contribution in [2.75, 3.05) is 55.7 Å². The summed E-state index contributed by atoms with van der Waals surface area (Å²) in [5.74, 6) is -0.816. The van der Waals surface area contributed by atoms with Crippen LogP contribution in [0.25, 0.3) is 0 Å². The third-order valence-electron chi connectivity index (χ3n) is 6.43. The average molecular weight is 610 g/mol. The molecule has 0 unspecified atom stereocenters. The van der Waals surface area contributed by atoms with E-state index in [1.54, 1.807) is 11.0 Å². The van der Waals surface area contributed by atoms with Gasteiger partial charge in [-0.1, -0.05) is 0 Å². The van der Waals surface area contributed by atoms with E-state index < -0.39 is 51.1 Å². The number of carbonyl (C=O) groups excluding carboxylic acids is 3. The molecular weight excluding hydrogens is 577 g/mol. The zero-order chi connectivity index (χ0) is 29.7. The number of rotatable bonds is 11. The number of ether oxygens (including phenoxy) is 2.